The first kappa shape index (κ1) is 10.3. The van der Waals surface area contributed by atoms with Crippen LogP contribution in [-0.2, 0) is 11.2 Å². The highest BCUT2D eigenvalue weighted by Crippen LogP contribution is 2.39. The van der Waals surface area contributed by atoms with Crippen LogP contribution in [0.25, 0.3) is 5.65 Å². The van der Waals surface area contributed by atoms with Gasteiger partial charge in [-0.25, -0.2) is 10.5 Å². The Morgan fingerprint density at radius 1 is 1.47 bits per heavy atom. The molecule has 5 heteroatoms. The van der Waals surface area contributed by atoms with Crippen molar-refractivity contribution in [1.29, 1.82) is 0 Å². The number of carbonyl (C=O) groups excluding carboxylic acids is 1. The molecule has 1 aliphatic rings. The SMILES string of the molecule is O=C(Cc1cn2cc(C3CC3)ccc2n1)NO. The van der Waals surface area contributed by atoms with E-state index in [1.165, 1.54) is 18.4 Å². The lowest BCUT2D eigenvalue weighted by Gasteiger charge is -1.98. The van der Waals surface area contributed by atoms with Crippen LogP contribution in [0.15, 0.2) is 24.5 Å². The lowest BCUT2D eigenvalue weighted by Crippen LogP contribution is -2.20. The van der Waals surface area contributed by atoms with E-state index in [0.717, 1.165) is 5.65 Å². The Morgan fingerprint density at radius 2 is 2.29 bits per heavy atom. The van der Waals surface area contributed by atoms with Gasteiger partial charge in [-0.1, -0.05) is 6.07 Å². The van der Waals surface area contributed by atoms with Crippen molar-refractivity contribution in [3.8, 4) is 0 Å². The maximum Gasteiger partial charge on any atom is 0.249 e. The van der Waals surface area contributed by atoms with Gasteiger partial charge in [0, 0.05) is 12.4 Å². The van der Waals surface area contributed by atoms with Crippen LogP contribution in [0.4, 0.5) is 0 Å². The highest BCUT2D eigenvalue weighted by molar-refractivity contribution is 5.77. The Morgan fingerprint density at radius 3 is 3.00 bits per heavy atom. The molecule has 0 aromatic carbocycles. The molecule has 5 nitrogen and oxygen atoms in total. The van der Waals surface area contributed by atoms with Crippen molar-refractivity contribution in [2.24, 2.45) is 0 Å². The number of hydrogen-bond donors (Lipinski definition) is 2. The number of carbonyl (C=O) groups is 1. The van der Waals surface area contributed by atoms with Crippen LogP contribution >= 0.6 is 0 Å². The highest BCUT2D eigenvalue weighted by atomic mass is 16.5. The molecule has 2 aromatic heterocycles. The molecule has 0 atom stereocenters. The summed E-state index contributed by atoms with van der Waals surface area (Å²) in [4.78, 5) is 15.3. The molecular formula is C12H13N3O2. The summed E-state index contributed by atoms with van der Waals surface area (Å²) < 4.78 is 1.94. The fraction of sp³-hybridized carbons (Fsp3) is 0.333. The molecule has 2 heterocycles. The molecule has 2 N–H and O–H groups in total. The molecule has 1 fully saturated rings. The van der Waals surface area contributed by atoms with Crippen molar-refractivity contribution in [3.05, 3.63) is 35.8 Å². The number of imidazole rings is 1. The Balaban J connectivity index is 1.92. The lowest BCUT2D eigenvalue weighted by molar-refractivity contribution is -0.128. The molecule has 0 radical (unpaired) electrons. The van der Waals surface area contributed by atoms with Crippen LogP contribution in [0.3, 0.4) is 0 Å². The van der Waals surface area contributed by atoms with Crippen molar-refractivity contribution in [2.45, 2.75) is 25.2 Å². The van der Waals surface area contributed by atoms with Crippen molar-refractivity contribution < 1.29 is 10.0 Å². The van der Waals surface area contributed by atoms with Gasteiger partial charge in [-0.15, -0.1) is 0 Å². The minimum absolute atomic E-state index is 0.0942. The molecule has 0 bridgehead atoms. The van der Waals surface area contributed by atoms with E-state index in [2.05, 4.69) is 17.2 Å². The predicted molar refractivity (Wildman–Crippen MR) is 60.8 cm³/mol. The molecule has 0 aliphatic heterocycles. The molecular weight excluding hydrogens is 218 g/mol. The van der Waals surface area contributed by atoms with Crippen molar-refractivity contribution in [2.75, 3.05) is 0 Å². The van der Waals surface area contributed by atoms with E-state index in [9.17, 15) is 4.79 Å². The smallest absolute Gasteiger partial charge is 0.249 e. The second-order valence-electron chi connectivity index (χ2n) is 4.45. The van der Waals surface area contributed by atoms with E-state index in [0.29, 0.717) is 11.6 Å². The number of pyridine rings is 1. The number of rotatable bonds is 3. The van der Waals surface area contributed by atoms with E-state index in [-0.39, 0.29) is 6.42 Å². The van der Waals surface area contributed by atoms with Gasteiger partial charge in [-0.2, -0.15) is 0 Å². The average molecular weight is 231 g/mol. The Kier molecular flexibility index (Phi) is 2.33. The fourth-order valence-electron chi connectivity index (χ4n) is 2.01. The van der Waals surface area contributed by atoms with Gasteiger partial charge >= 0.3 is 0 Å². The zero-order valence-corrected chi connectivity index (χ0v) is 9.26. The number of aromatic nitrogens is 2. The summed E-state index contributed by atoms with van der Waals surface area (Å²) in [7, 11) is 0. The number of nitrogens with one attached hydrogen (secondary N) is 1. The zero-order chi connectivity index (χ0) is 11.8. The van der Waals surface area contributed by atoms with Gasteiger partial charge in [0.2, 0.25) is 5.91 Å². The molecule has 0 spiro atoms. The van der Waals surface area contributed by atoms with Gasteiger partial charge in [0.25, 0.3) is 0 Å². The van der Waals surface area contributed by atoms with Gasteiger partial charge in [-0.3, -0.25) is 10.0 Å². The topological polar surface area (TPSA) is 66.6 Å². The third-order valence-electron chi connectivity index (χ3n) is 3.04. The second-order valence-corrected chi connectivity index (χ2v) is 4.45. The summed E-state index contributed by atoms with van der Waals surface area (Å²) in [6.07, 6.45) is 6.52. The molecule has 2 aromatic rings. The normalized spacial score (nSPS) is 15.1. The summed E-state index contributed by atoms with van der Waals surface area (Å²) in [6.45, 7) is 0. The number of hydroxylamine groups is 1. The van der Waals surface area contributed by atoms with Crippen LogP contribution in [0.2, 0.25) is 0 Å². The van der Waals surface area contributed by atoms with E-state index in [4.69, 9.17) is 5.21 Å². The lowest BCUT2D eigenvalue weighted by atomic mass is 10.2. The van der Waals surface area contributed by atoms with Gasteiger partial charge in [-0.05, 0) is 30.4 Å². The molecule has 1 amide bonds. The van der Waals surface area contributed by atoms with Gasteiger partial charge in [0.05, 0.1) is 12.1 Å². The first-order valence-electron chi connectivity index (χ1n) is 5.67. The zero-order valence-electron chi connectivity index (χ0n) is 9.26. The predicted octanol–water partition coefficient (Wildman–Crippen LogP) is 1.26. The quantitative estimate of drug-likeness (QED) is 0.617. The van der Waals surface area contributed by atoms with E-state index in [1.54, 1.807) is 5.48 Å². The van der Waals surface area contributed by atoms with Crippen molar-refractivity contribution in [3.63, 3.8) is 0 Å². The van der Waals surface area contributed by atoms with Crippen LogP contribution < -0.4 is 5.48 Å². The van der Waals surface area contributed by atoms with E-state index >= 15 is 0 Å². The summed E-state index contributed by atoms with van der Waals surface area (Å²) >= 11 is 0. The summed E-state index contributed by atoms with van der Waals surface area (Å²) in [5.74, 6) is 0.252. The maximum atomic E-state index is 11.0. The monoisotopic (exact) mass is 231 g/mol. The Hall–Kier alpha value is -1.88. The molecule has 1 saturated carbocycles. The minimum atomic E-state index is -0.448. The summed E-state index contributed by atoms with van der Waals surface area (Å²) in [5.41, 5.74) is 4.42. The van der Waals surface area contributed by atoms with Crippen LogP contribution in [0.5, 0.6) is 0 Å². The number of nitrogens with zero attached hydrogens (tertiary/aromatic N) is 2. The molecule has 0 unspecified atom stereocenters. The van der Waals surface area contributed by atoms with Crippen LogP contribution in [-0.4, -0.2) is 20.5 Å². The minimum Gasteiger partial charge on any atom is -0.307 e. The van der Waals surface area contributed by atoms with Crippen LogP contribution in [0, 0.1) is 0 Å². The first-order valence-corrected chi connectivity index (χ1v) is 5.67. The molecule has 0 saturated heterocycles. The first-order chi connectivity index (χ1) is 8.26. The molecule has 88 valence electrons. The van der Waals surface area contributed by atoms with Gasteiger partial charge in [0.1, 0.15) is 5.65 Å². The van der Waals surface area contributed by atoms with Gasteiger partial charge < -0.3 is 4.40 Å². The van der Waals surface area contributed by atoms with Crippen molar-refractivity contribution in [1.82, 2.24) is 14.9 Å². The third-order valence-corrected chi connectivity index (χ3v) is 3.04. The van der Waals surface area contributed by atoms with Gasteiger partial charge in [0.15, 0.2) is 0 Å². The van der Waals surface area contributed by atoms with E-state index < -0.39 is 5.91 Å². The standard InChI is InChI=1S/C12H13N3O2/c16-12(14-17)5-10-7-15-6-9(8-1-2-8)3-4-11(15)13-10/h3-4,6-8,17H,1-2,5H2,(H,14,16). The molecule has 17 heavy (non-hydrogen) atoms. The second kappa shape index (κ2) is 3.85. The van der Waals surface area contributed by atoms with Crippen molar-refractivity contribution >= 4 is 11.6 Å². The largest absolute Gasteiger partial charge is 0.307 e. The number of amides is 1. The summed E-state index contributed by atoms with van der Waals surface area (Å²) in [5, 5.41) is 8.46. The molecule has 3 rings (SSSR count). The summed E-state index contributed by atoms with van der Waals surface area (Å²) in [6, 6.07) is 4.06. The fourth-order valence-corrected chi connectivity index (χ4v) is 2.01. The van der Waals surface area contributed by atoms with Crippen LogP contribution in [0.1, 0.15) is 30.0 Å². The molecule has 1 aliphatic carbocycles. The maximum absolute atomic E-state index is 11.0. The Labute approximate surface area is 98.0 Å². The number of hydrogen-bond acceptors (Lipinski definition) is 3. The average Bonchev–Trinajstić information content (AvgIpc) is 3.09. The highest BCUT2D eigenvalue weighted by Gasteiger charge is 2.23. The van der Waals surface area contributed by atoms with E-state index in [1.807, 2.05) is 16.7 Å². The Bertz CT molecular complexity index is 572. The number of fused-ring (bicyclic) bond motifs is 1. The third kappa shape index (κ3) is 2.01.